The van der Waals surface area contributed by atoms with Crippen LogP contribution in [0.25, 0.3) is 0 Å². The van der Waals surface area contributed by atoms with Gasteiger partial charge in [0.15, 0.2) is 0 Å². The summed E-state index contributed by atoms with van der Waals surface area (Å²) < 4.78 is 26.8. The minimum absolute atomic E-state index is 0.180. The second-order valence-corrected chi connectivity index (χ2v) is 7.65. The number of amides is 1. The molecule has 0 unspecified atom stereocenters. The lowest BCUT2D eigenvalue weighted by Gasteiger charge is -2.10. The Kier molecular flexibility index (Phi) is 5.75. The number of benzene rings is 2. The van der Waals surface area contributed by atoms with Crippen LogP contribution in [0, 0.1) is 6.92 Å². The normalized spacial score (nSPS) is 11.5. The van der Waals surface area contributed by atoms with Crippen molar-refractivity contribution in [1.82, 2.24) is 4.72 Å². The molecule has 0 bridgehead atoms. The third-order valence-electron chi connectivity index (χ3n) is 3.67. The smallest absolute Gasteiger partial charge is 0.241 e. The molecule has 2 N–H and O–H groups in total. The summed E-state index contributed by atoms with van der Waals surface area (Å²) in [6, 6.07) is 14.1. The summed E-state index contributed by atoms with van der Waals surface area (Å²) >= 11 is 0. The predicted octanol–water partition coefficient (Wildman–Crippen LogP) is 3.04. The molecule has 1 amide bonds. The van der Waals surface area contributed by atoms with Crippen LogP contribution in [0.3, 0.4) is 0 Å². The first-order chi connectivity index (χ1) is 11.3. The average Bonchev–Trinajstić information content (AvgIpc) is 2.54. The fourth-order valence-electron chi connectivity index (χ4n) is 2.25. The van der Waals surface area contributed by atoms with Crippen molar-refractivity contribution in [3.8, 4) is 0 Å². The third kappa shape index (κ3) is 4.66. The van der Waals surface area contributed by atoms with E-state index >= 15 is 0 Å². The SMILES string of the molecule is Cc1ccccc1S(=O)(=O)NCC(=O)Nc1ccc(C(C)C)cc1. The molecule has 0 aromatic heterocycles. The van der Waals surface area contributed by atoms with E-state index in [0.717, 1.165) is 0 Å². The van der Waals surface area contributed by atoms with Gasteiger partial charge in [0.2, 0.25) is 15.9 Å². The first-order valence-electron chi connectivity index (χ1n) is 7.74. The molecule has 0 spiro atoms. The lowest BCUT2D eigenvalue weighted by Crippen LogP contribution is -2.33. The van der Waals surface area contributed by atoms with Crippen molar-refractivity contribution in [3.05, 3.63) is 59.7 Å². The quantitative estimate of drug-likeness (QED) is 0.844. The Morgan fingerprint density at radius 2 is 1.67 bits per heavy atom. The second-order valence-electron chi connectivity index (χ2n) is 5.91. The molecule has 2 rings (SSSR count). The van der Waals surface area contributed by atoms with Crippen molar-refractivity contribution in [2.24, 2.45) is 0 Å². The maximum absolute atomic E-state index is 12.2. The number of aryl methyl sites for hydroxylation is 1. The highest BCUT2D eigenvalue weighted by Gasteiger charge is 2.17. The lowest BCUT2D eigenvalue weighted by molar-refractivity contribution is -0.115. The molecule has 6 heteroatoms. The van der Waals surface area contributed by atoms with Gasteiger partial charge in [-0.1, -0.05) is 44.2 Å². The number of carbonyl (C=O) groups excluding carboxylic acids is 1. The zero-order valence-electron chi connectivity index (χ0n) is 14.0. The third-order valence-corrected chi connectivity index (χ3v) is 5.23. The zero-order valence-corrected chi connectivity index (χ0v) is 14.9. The minimum atomic E-state index is -3.71. The summed E-state index contributed by atoms with van der Waals surface area (Å²) in [5, 5.41) is 2.68. The molecular weight excluding hydrogens is 324 g/mol. The monoisotopic (exact) mass is 346 g/mol. The number of rotatable bonds is 6. The van der Waals surface area contributed by atoms with Crippen molar-refractivity contribution >= 4 is 21.6 Å². The van der Waals surface area contributed by atoms with E-state index in [4.69, 9.17) is 0 Å². The highest BCUT2D eigenvalue weighted by Crippen LogP contribution is 2.17. The van der Waals surface area contributed by atoms with Crippen molar-refractivity contribution < 1.29 is 13.2 Å². The minimum Gasteiger partial charge on any atom is -0.325 e. The Balaban J connectivity index is 1.97. The van der Waals surface area contributed by atoms with E-state index in [1.54, 1.807) is 25.1 Å². The van der Waals surface area contributed by atoms with Crippen molar-refractivity contribution in [2.45, 2.75) is 31.6 Å². The van der Waals surface area contributed by atoms with Crippen LogP contribution >= 0.6 is 0 Å². The van der Waals surface area contributed by atoms with E-state index in [1.807, 2.05) is 24.3 Å². The fourth-order valence-corrected chi connectivity index (χ4v) is 3.48. The molecule has 0 saturated heterocycles. The van der Waals surface area contributed by atoms with Gasteiger partial charge in [-0.2, -0.15) is 0 Å². The Labute approximate surface area is 143 Å². The number of sulfonamides is 1. The Morgan fingerprint density at radius 1 is 1.04 bits per heavy atom. The van der Waals surface area contributed by atoms with Crippen LogP contribution in [0.15, 0.2) is 53.4 Å². The molecule has 0 aliphatic heterocycles. The molecule has 0 saturated carbocycles. The number of carbonyl (C=O) groups is 1. The molecule has 24 heavy (non-hydrogen) atoms. The molecule has 0 atom stereocenters. The van der Waals surface area contributed by atoms with Crippen LogP contribution in [0.4, 0.5) is 5.69 Å². The van der Waals surface area contributed by atoms with Gasteiger partial charge in [-0.3, -0.25) is 4.79 Å². The van der Waals surface area contributed by atoms with E-state index in [2.05, 4.69) is 23.9 Å². The summed E-state index contributed by atoms with van der Waals surface area (Å²) in [6.07, 6.45) is 0. The van der Waals surface area contributed by atoms with Crippen molar-refractivity contribution in [3.63, 3.8) is 0 Å². The van der Waals surface area contributed by atoms with Crippen LogP contribution in [0.2, 0.25) is 0 Å². The molecule has 5 nitrogen and oxygen atoms in total. The van der Waals surface area contributed by atoms with Crippen LogP contribution in [-0.2, 0) is 14.8 Å². The van der Waals surface area contributed by atoms with E-state index < -0.39 is 15.9 Å². The number of hydrogen-bond donors (Lipinski definition) is 2. The van der Waals surface area contributed by atoms with Crippen LogP contribution in [0.1, 0.15) is 30.9 Å². The van der Waals surface area contributed by atoms with Crippen molar-refractivity contribution in [2.75, 3.05) is 11.9 Å². The molecule has 2 aromatic carbocycles. The summed E-state index contributed by atoms with van der Waals surface area (Å²) in [6.45, 7) is 5.58. The summed E-state index contributed by atoms with van der Waals surface area (Å²) in [4.78, 5) is 12.1. The van der Waals surface area contributed by atoms with E-state index in [9.17, 15) is 13.2 Å². The number of nitrogens with one attached hydrogen (secondary N) is 2. The first kappa shape index (κ1) is 18.2. The summed E-state index contributed by atoms with van der Waals surface area (Å²) in [5.41, 5.74) is 2.45. The van der Waals surface area contributed by atoms with Gasteiger partial charge in [-0.15, -0.1) is 0 Å². The van der Waals surface area contributed by atoms with Gasteiger partial charge in [0.05, 0.1) is 11.4 Å². The maximum Gasteiger partial charge on any atom is 0.241 e. The van der Waals surface area contributed by atoms with Crippen LogP contribution < -0.4 is 10.0 Å². The molecule has 2 aromatic rings. The molecule has 0 aliphatic rings. The molecule has 0 heterocycles. The predicted molar refractivity (Wildman–Crippen MR) is 95.5 cm³/mol. The highest BCUT2D eigenvalue weighted by molar-refractivity contribution is 7.89. The summed E-state index contributed by atoms with van der Waals surface area (Å²) in [7, 11) is -3.71. The van der Waals surface area contributed by atoms with Gasteiger partial charge in [0.25, 0.3) is 0 Å². The van der Waals surface area contributed by atoms with Crippen molar-refractivity contribution in [1.29, 1.82) is 0 Å². The summed E-state index contributed by atoms with van der Waals surface area (Å²) in [5.74, 6) is 0.000120. The van der Waals surface area contributed by atoms with Gasteiger partial charge in [0.1, 0.15) is 0 Å². The van der Waals surface area contributed by atoms with Crippen LogP contribution in [-0.4, -0.2) is 20.9 Å². The van der Waals surface area contributed by atoms with E-state index in [0.29, 0.717) is 17.2 Å². The number of hydrogen-bond acceptors (Lipinski definition) is 3. The Bertz CT molecular complexity index is 812. The molecule has 0 aliphatic carbocycles. The molecule has 0 fully saturated rings. The molecular formula is C18H22N2O3S. The number of anilines is 1. The van der Waals surface area contributed by atoms with E-state index in [1.165, 1.54) is 11.6 Å². The van der Waals surface area contributed by atoms with Crippen LogP contribution in [0.5, 0.6) is 0 Å². The lowest BCUT2D eigenvalue weighted by atomic mass is 10.0. The Morgan fingerprint density at radius 3 is 2.25 bits per heavy atom. The van der Waals surface area contributed by atoms with Gasteiger partial charge in [-0.25, -0.2) is 13.1 Å². The topological polar surface area (TPSA) is 75.3 Å². The van der Waals surface area contributed by atoms with Gasteiger partial charge < -0.3 is 5.32 Å². The van der Waals surface area contributed by atoms with E-state index in [-0.39, 0.29) is 11.4 Å². The van der Waals surface area contributed by atoms with Gasteiger partial charge in [0, 0.05) is 5.69 Å². The average molecular weight is 346 g/mol. The Hall–Kier alpha value is -2.18. The zero-order chi connectivity index (χ0) is 17.7. The fraction of sp³-hybridized carbons (Fsp3) is 0.278. The largest absolute Gasteiger partial charge is 0.325 e. The van der Waals surface area contributed by atoms with Gasteiger partial charge >= 0.3 is 0 Å². The second kappa shape index (κ2) is 7.59. The molecule has 0 radical (unpaired) electrons. The van der Waals surface area contributed by atoms with Gasteiger partial charge in [-0.05, 0) is 42.2 Å². The maximum atomic E-state index is 12.2. The molecule has 128 valence electrons. The standard InChI is InChI=1S/C18H22N2O3S/c1-13(2)15-8-10-16(11-9-15)20-18(21)12-19-24(22,23)17-7-5-4-6-14(17)3/h4-11,13,19H,12H2,1-3H3,(H,20,21). The highest BCUT2D eigenvalue weighted by atomic mass is 32.2. The first-order valence-corrected chi connectivity index (χ1v) is 9.23.